The van der Waals surface area contributed by atoms with E-state index in [0.29, 0.717) is 0 Å². The highest BCUT2D eigenvalue weighted by atomic mass is 16.5. The van der Waals surface area contributed by atoms with Crippen LogP contribution in [-0.2, 0) is 6.54 Å². The third-order valence-electron chi connectivity index (χ3n) is 4.63. The molecule has 0 amide bonds. The van der Waals surface area contributed by atoms with Crippen LogP contribution < -0.4 is 10.1 Å². The Morgan fingerprint density at radius 1 is 1.12 bits per heavy atom. The lowest BCUT2D eigenvalue weighted by atomic mass is 9.88. The average molecular weight is 321 g/mol. The molecule has 3 rings (SSSR count). The fourth-order valence-corrected chi connectivity index (χ4v) is 3.18. The number of rotatable bonds is 5. The number of nitrogens with one attached hydrogen (secondary N) is 1. The lowest BCUT2D eigenvalue weighted by Crippen LogP contribution is -2.48. The maximum atomic E-state index is 9.74. The molecule has 2 aromatic rings. The van der Waals surface area contributed by atoms with Crippen LogP contribution in [0.3, 0.4) is 0 Å². The maximum absolute atomic E-state index is 9.74. The second-order valence-corrected chi connectivity index (χ2v) is 6.31. The molecule has 1 fully saturated rings. The molecule has 1 heterocycles. The highest BCUT2D eigenvalue weighted by Gasteiger charge is 2.34. The quantitative estimate of drug-likeness (QED) is 0.913. The van der Waals surface area contributed by atoms with Crippen LogP contribution in [0.4, 0.5) is 5.69 Å². The molecule has 124 valence electrons. The molecule has 4 heteroatoms. The van der Waals surface area contributed by atoms with Gasteiger partial charge in [0.05, 0.1) is 13.2 Å². The fraction of sp³-hybridized carbons (Fsp3) is 0.350. The minimum Gasteiger partial charge on any atom is -0.497 e. The first kappa shape index (κ1) is 16.4. The van der Waals surface area contributed by atoms with E-state index in [1.807, 2.05) is 30.3 Å². The van der Waals surface area contributed by atoms with Crippen molar-refractivity contribution in [2.75, 3.05) is 25.5 Å². The standard InChI is InChI=1S/C20H23N3O/c1-24-19-9-5-8-18(14-19)22-20(16-21)10-12-23(13-11-20)15-17-6-3-2-4-7-17/h2-9,14,22H,10-13,15H2,1H3. The molecule has 24 heavy (non-hydrogen) atoms. The van der Waals surface area contributed by atoms with E-state index in [1.165, 1.54) is 5.56 Å². The van der Waals surface area contributed by atoms with Crippen molar-refractivity contribution in [2.45, 2.75) is 24.9 Å². The van der Waals surface area contributed by atoms with Crippen molar-refractivity contribution in [3.63, 3.8) is 0 Å². The lowest BCUT2D eigenvalue weighted by Gasteiger charge is -2.38. The van der Waals surface area contributed by atoms with E-state index >= 15 is 0 Å². The van der Waals surface area contributed by atoms with Crippen molar-refractivity contribution in [1.29, 1.82) is 5.26 Å². The monoisotopic (exact) mass is 321 g/mol. The maximum Gasteiger partial charge on any atom is 0.127 e. The number of benzene rings is 2. The smallest absolute Gasteiger partial charge is 0.127 e. The molecule has 2 aromatic carbocycles. The Bertz CT molecular complexity index is 700. The van der Waals surface area contributed by atoms with E-state index in [1.54, 1.807) is 7.11 Å². The van der Waals surface area contributed by atoms with Crippen LogP contribution in [0.5, 0.6) is 5.75 Å². The summed E-state index contributed by atoms with van der Waals surface area (Å²) in [6, 6.07) is 20.8. The molecule has 1 aliphatic heterocycles. The van der Waals surface area contributed by atoms with Gasteiger partial charge in [-0.05, 0) is 30.5 Å². The van der Waals surface area contributed by atoms with E-state index in [9.17, 15) is 5.26 Å². The molecule has 0 radical (unpaired) electrons. The Morgan fingerprint density at radius 3 is 2.54 bits per heavy atom. The second kappa shape index (κ2) is 7.37. The average Bonchev–Trinajstić information content (AvgIpc) is 2.64. The van der Waals surface area contributed by atoms with Gasteiger partial charge in [0, 0.05) is 31.4 Å². The van der Waals surface area contributed by atoms with Crippen molar-refractivity contribution >= 4 is 5.69 Å². The van der Waals surface area contributed by atoms with Gasteiger partial charge in [-0.2, -0.15) is 5.26 Å². The zero-order valence-corrected chi connectivity index (χ0v) is 14.0. The molecular formula is C20H23N3O. The van der Waals surface area contributed by atoms with Crippen LogP contribution in [0.25, 0.3) is 0 Å². The van der Waals surface area contributed by atoms with Crippen molar-refractivity contribution in [1.82, 2.24) is 4.90 Å². The van der Waals surface area contributed by atoms with Crippen molar-refractivity contribution in [3.8, 4) is 11.8 Å². The normalized spacial score (nSPS) is 17.0. The number of piperidine rings is 1. The first-order valence-electron chi connectivity index (χ1n) is 8.33. The fourth-order valence-electron chi connectivity index (χ4n) is 3.18. The Balaban J connectivity index is 1.62. The first-order valence-corrected chi connectivity index (χ1v) is 8.33. The number of anilines is 1. The minimum atomic E-state index is -0.500. The Hall–Kier alpha value is -2.51. The summed E-state index contributed by atoms with van der Waals surface area (Å²) in [6.45, 7) is 2.78. The minimum absolute atomic E-state index is 0.500. The van der Waals surface area contributed by atoms with E-state index < -0.39 is 5.54 Å². The summed E-state index contributed by atoms with van der Waals surface area (Å²) in [4.78, 5) is 2.41. The number of nitrogens with zero attached hydrogens (tertiary/aromatic N) is 2. The van der Waals surface area contributed by atoms with Crippen LogP contribution >= 0.6 is 0 Å². The third-order valence-corrected chi connectivity index (χ3v) is 4.63. The molecule has 0 aromatic heterocycles. The lowest BCUT2D eigenvalue weighted by molar-refractivity contribution is 0.189. The Kier molecular flexibility index (Phi) is 5.02. The predicted octanol–water partition coefficient (Wildman–Crippen LogP) is 3.67. The number of hydrogen-bond donors (Lipinski definition) is 1. The zero-order valence-electron chi connectivity index (χ0n) is 14.0. The highest BCUT2D eigenvalue weighted by Crippen LogP contribution is 2.28. The summed E-state index contributed by atoms with van der Waals surface area (Å²) in [6.07, 6.45) is 1.63. The van der Waals surface area contributed by atoms with Gasteiger partial charge < -0.3 is 10.1 Å². The van der Waals surface area contributed by atoms with Crippen LogP contribution in [0.15, 0.2) is 54.6 Å². The van der Waals surface area contributed by atoms with Crippen LogP contribution in [0, 0.1) is 11.3 Å². The van der Waals surface area contributed by atoms with E-state index in [-0.39, 0.29) is 0 Å². The number of likely N-dealkylation sites (tertiary alicyclic amines) is 1. The van der Waals surface area contributed by atoms with Gasteiger partial charge in [0.2, 0.25) is 0 Å². The van der Waals surface area contributed by atoms with Crippen molar-refractivity contribution < 1.29 is 4.74 Å². The summed E-state index contributed by atoms with van der Waals surface area (Å²) in [5.41, 5.74) is 1.76. The largest absolute Gasteiger partial charge is 0.497 e. The van der Waals surface area contributed by atoms with Crippen LogP contribution in [0.1, 0.15) is 18.4 Å². The van der Waals surface area contributed by atoms with Gasteiger partial charge in [0.15, 0.2) is 0 Å². The molecule has 0 unspecified atom stereocenters. The number of methoxy groups -OCH3 is 1. The summed E-state index contributed by atoms with van der Waals surface area (Å²) in [5, 5.41) is 13.2. The van der Waals surface area contributed by atoms with E-state index in [2.05, 4.69) is 40.6 Å². The molecule has 0 bridgehead atoms. The van der Waals surface area contributed by atoms with Crippen molar-refractivity contribution in [3.05, 3.63) is 60.2 Å². The summed E-state index contributed by atoms with van der Waals surface area (Å²) >= 11 is 0. The summed E-state index contributed by atoms with van der Waals surface area (Å²) in [7, 11) is 1.65. The summed E-state index contributed by atoms with van der Waals surface area (Å²) in [5.74, 6) is 0.801. The Labute approximate surface area is 143 Å². The number of ether oxygens (including phenoxy) is 1. The van der Waals surface area contributed by atoms with Gasteiger partial charge >= 0.3 is 0 Å². The van der Waals surface area contributed by atoms with E-state index in [0.717, 1.165) is 43.9 Å². The number of nitriles is 1. The highest BCUT2D eigenvalue weighted by molar-refractivity contribution is 5.51. The predicted molar refractivity (Wildman–Crippen MR) is 95.9 cm³/mol. The second-order valence-electron chi connectivity index (χ2n) is 6.31. The van der Waals surface area contributed by atoms with Gasteiger partial charge in [0.1, 0.15) is 11.3 Å². The van der Waals surface area contributed by atoms with Crippen molar-refractivity contribution in [2.24, 2.45) is 0 Å². The third kappa shape index (κ3) is 3.87. The SMILES string of the molecule is COc1cccc(NC2(C#N)CCN(Cc3ccccc3)CC2)c1. The first-order chi connectivity index (χ1) is 11.7. The van der Waals surface area contributed by atoms with Crippen LogP contribution in [0.2, 0.25) is 0 Å². The Morgan fingerprint density at radius 2 is 1.88 bits per heavy atom. The number of hydrogen-bond acceptors (Lipinski definition) is 4. The van der Waals surface area contributed by atoms with Gasteiger partial charge in [0.25, 0.3) is 0 Å². The molecule has 1 aliphatic rings. The van der Waals surface area contributed by atoms with Crippen LogP contribution in [-0.4, -0.2) is 30.6 Å². The van der Waals surface area contributed by atoms with Gasteiger partial charge in [-0.25, -0.2) is 0 Å². The van der Waals surface area contributed by atoms with E-state index in [4.69, 9.17) is 4.74 Å². The van der Waals surface area contributed by atoms with Gasteiger partial charge in [-0.15, -0.1) is 0 Å². The summed E-state index contributed by atoms with van der Waals surface area (Å²) < 4.78 is 5.26. The molecular weight excluding hydrogens is 298 g/mol. The molecule has 0 aliphatic carbocycles. The van der Waals surface area contributed by atoms with Gasteiger partial charge in [-0.1, -0.05) is 36.4 Å². The molecule has 0 atom stereocenters. The topological polar surface area (TPSA) is 48.3 Å². The molecule has 0 spiro atoms. The molecule has 4 nitrogen and oxygen atoms in total. The molecule has 0 saturated carbocycles. The van der Waals surface area contributed by atoms with Gasteiger partial charge in [-0.3, -0.25) is 4.90 Å². The molecule has 1 N–H and O–H groups in total. The molecule has 1 saturated heterocycles. The zero-order chi connectivity index (χ0) is 16.8.